The van der Waals surface area contributed by atoms with Gasteiger partial charge < -0.3 is 5.84 Å². The molecule has 9 nitrogen and oxygen atoms in total. The Balaban J connectivity index is 0.00000220. The van der Waals surface area contributed by atoms with Gasteiger partial charge in [0.15, 0.2) is 5.82 Å². The number of nitrogens with zero attached hydrogens (tertiary/aromatic N) is 5. The fourth-order valence-electron chi connectivity index (χ4n) is 1.36. The summed E-state index contributed by atoms with van der Waals surface area (Å²) in [5.74, 6) is 6.42. The van der Waals surface area contributed by atoms with E-state index in [1.54, 1.807) is 19.1 Å². The number of hydrazone groups is 1. The number of nitro benzene ring substituents is 1. The topological polar surface area (TPSA) is 124 Å². The Hall–Kier alpha value is -2.20. The minimum Gasteiger partial charge on any atom is -0.335 e. The highest BCUT2D eigenvalue weighted by Gasteiger charge is 2.11. The van der Waals surface area contributed by atoms with E-state index in [1.165, 1.54) is 17.0 Å². The highest BCUT2D eigenvalue weighted by atomic mass is 79.9. The van der Waals surface area contributed by atoms with Crippen molar-refractivity contribution in [2.45, 2.75) is 6.92 Å². The second kappa shape index (κ2) is 6.99. The maximum Gasteiger partial charge on any atom is 0.284 e. The maximum atomic E-state index is 10.8. The third-order valence-electron chi connectivity index (χ3n) is 2.41. The minimum absolute atomic E-state index is 0. The van der Waals surface area contributed by atoms with E-state index in [4.69, 9.17) is 5.84 Å². The van der Waals surface area contributed by atoms with Gasteiger partial charge in [-0.15, -0.1) is 22.6 Å². The molecule has 1 heterocycles. The number of hydrogen-bond acceptors (Lipinski definition) is 7. The Morgan fingerprint density at radius 3 is 2.81 bits per heavy atom. The van der Waals surface area contributed by atoms with E-state index in [9.17, 15) is 10.1 Å². The number of nitrogen functional groups attached to an aromatic ring is 1. The summed E-state index contributed by atoms with van der Waals surface area (Å²) < 4.78 is 1.64. The van der Waals surface area contributed by atoms with E-state index in [2.05, 4.69) is 36.7 Å². The number of anilines is 1. The molecule has 0 aliphatic rings. The number of nitrogens with one attached hydrogen (secondary N) is 1. The molecule has 0 unspecified atom stereocenters. The number of rotatable bonds is 4. The van der Waals surface area contributed by atoms with Gasteiger partial charge in [0.05, 0.1) is 15.6 Å². The van der Waals surface area contributed by atoms with E-state index in [-0.39, 0.29) is 24.0 Å². The molecule has 0 aliphatic carbocycles. The number of nitro groups is 1. The molecular weight excluding hydrogens is 366 g/mol. The lowest BCUT2D eigenvalue weighted by atomic mass is 10.2. The lowest BCUT2D eigenvalue weighted by molar-refractivity contribution is -0.385. The Morgan fingerprint density at radius 2 is 2.24 bits per heavy atom. The second-order valence-electron chi connectivity index (χ2n) is 3.78. The van der Waals surface area contributed by atoms with Crippen LogP contribution in [0.15, 0.2) is 27.8 Å². The van der Waals surface area contributed by atoms with Crippen molar-refractivity contribution in [1.82, 2.24) is 14.9 Å². The largest absolute Gasteiger partial charge is 0.335 e. The van der Waals surface area contributed by atoms with Gasteiger partial charge in [0.2, 0.25) is 0 Å². The molecule has 0 spiro atoms. The molecule has 0 bridgehead atoms. The number of benzene rings is 1. The summed E-state index contributed by atoms with van der Waals surface area (Å²) in [4.78, 5) is 10.3. The minimum atomic E-state index is -0.477. The molecule has 2 rings (SSSR count). The molecule has 0 saturated carbocycles. The molecule has 0 atom stereocenters. The van der Waals surface area contributed by atoms with Crippen LogP contribution < -0.4 is 11.3 Å². The first kappa shape index (κ1) is 16.9. The summed E-state index contributed by atoms with van der Waals surface area (Å²) >= 11 is 3.11. The fraction of sp³-hybridized carbons (Fsp3) is 0.100. The average Bonchev–Trinajstić information content (AvgIpc) is 2.72. The summed E-state index contributed by atoms with van der Waals surface area (Å²) in [6.07, 6.45) is 1.42. The number of nitrogens with two attached hydrogens (primary N) is 1. The highest BCUT2D eigenvalue weighted by molar-refractivity contribution is 9.10. The van der Waals surface area contributed by atoms with Crippen LogP contribution in [0.3, 0.4) is 0 Å². The van der Waals surface area contributed by atoms with Crippen LogP contribution in [0, 0.1) is 17.0 Å². The molecule has 0 radical (unpaired) electrons. The zero-order valence-electron chi connectivity index (χ0n) is 10.7. The van der Waals surface area contributed by atoms with Crippen molar-refractivity contribution in [1.29, 1.82) is 0 Å². The fourth-order valence-corrected chi connectivity index (χ4v) is 1.75. The Labute approximate surface area is 133 Å². The monoisotopic (exact) mass is 375 g/mol. The molecule has 0 saturated heterocycles. The molecule has 112 valence electrons. The summed E-state index contributed by atoms with van der Waals surface area (Å²) in [5.41, 5.74) is 3.12. The highest BCUT2D eigenvalue weighted by Crippen LogP contribution is 2.24. The standard InChI is InChI=1S/C10H10BrN7O2.ClH/c1-6-14-16-10(17(6)12)15-13-5-7-2-3-8(11)9(4-7)18(19)20;/h2-5H,12H2,1H3,(H,15,16);1H/b13-5+;. The molecule has 0 amide bonds. The molecule has 2 aromatic rings. The summed E-state index contributed by atoms with van der Waals surface area (Å²) in [6.45, 7) is 1.69. The zero-order valence-corrected chi connectivity index (χ0v) is 13.1. The molecule has 0 fully saturated rings. The maximum absolute atomic E-state index is 10.8. The van der Waals surface area contributed by atoms with E-state index in [0.717, 1.165) is 0 Å². The Kier molecular flexibility index (Phi) is 5.61. The third-order valence-corrected chi connectivity index (χ3v) is 3.08. The first-order valence-corrected chi connectivity index (χ1v) is 6.18. The number of halogens is 2. The van der Waals surface area contributed by atoms with Crippen molar-refractivity contribution in [3.63, 3.8) is 0 Å². The second-order valence-corrected chi connectivity index (χ2v) is 4.63. The molecule has 1 aromatic carbocycles. The quantitative estimate of drug-likeness (QED) is 0.363. The zero-order chi connectivity index (χ0) is 14.7. The van der Waals surface area contributed by atoms with Crippen LogP contribution in [-0.2, 0) is 0 Å². The smallest absolute Gasteiger partial charge is 0.284 e. The predicted molar refractivity (Wildman–Crippen MR) is 84.2 cm³/mol. The first-order valence-electron chi connectivity index (χ1n) is 5.39. The normalized spacial score (nSPS) is 10.4. The van der Waals surface area contributed by atoms with Gasteiger partial charge in [0, 0.05) is 11.6 Å². The van der Waals surface area contributed by atoms with Crippen LogP contribution in [-0.4, -0.2) is 26.0 Å². The van der Waals surface area contributed by atoms with Crippen molar-refractivity contribution in [2.24, 2.45) is 5.10 Å². The SMILES string of the molecule is Cc1nnc(N/N=C/c2ccc(Br)c([N+](=O)[O-])c2)n1N.Cl. The lowest BCUT2D eigenvalue weighted by Crippen LogP contribution is -2.13. The Bertz CT molecular complexity index is 688. The van der Waals surface area contributed by atoms with Gasteiger partial charge in [-0.2, -0.15) is 5.10 Å². The van der Waals surface area contributed by atoms with Gasteiger partial charge in [-0.05, 0) is 28.9 Å². The van der Waals surface area contributed by atoms with Crippen molar-refractivity contribution in [3.8, 4) is 0 Å². The van der Waals surface area contributed by atoms with E-state index >= 15 is 0 Å². The van der Waals surface area contributed by atoms with Gasteiger partial charge in [-0.3, -0.25) is 10.1 Å². The summed E-state index contributed by atoms with van der Waals surface area (Å²) in [7, 11) is 0. The third kappa shape index (κ3) is 3.89. The van der Waals surface area contributed by atoms with E-state index in [0.29, 0.717) is 15.9 Å². The van der Waals surface area contributed by atoms with Gasteiger partial charge in [0.1, 0.15) is 0 Å². The van der Waals surface area contributed by atoms with Gasteiger partial charge >= 0.3 is 0 Å². The van der Waals surface area contributed by atoms with Crippen LogP contribution in [0.4, 0.5) is 11.6 Å². The molecule has 0 aliphatic heterocycles. The van der Waals surface area contributed by atoms with E-state index < -0.39 is 4.92 Å². The van der Waals surface area contributed by atoms with Crippen LogP contribution in [0.1, 0.15) is 11.4 Å². The molecule has 21 heavy (non-hydrogen) atoms. The van der Waals surface area contributed by atoms with Crippen LogP contribution >= 0.6 is 28.3 Å². The number of aryl methyl sites for hydroxylation is 1. The molecule has 1 aromatic heterocycles. The molecule has 11 heteroatoms. The van der Waals surface area contributed by atoms with Gasteiger partial charge in [-0.1, -0.05) is 6.07 Å². The lowest BCUT2D eigenvalue weighted by Gasteiger charge is -2.00. The van der Waals surface area contributed by atoms with Gasteiger partial charge in [-0.25, -0.2) is 10.1 Å². The summed E-state index contributed by atoms with van der Waals surface area (Å²) in [6, 6.07) is 4.66. The van der Waals surface area contributed by atoms with Crippen LogP contribution in [0.2, 0.25) is 0 Å². The number of hydrogen-bond donors (Lipinski definition) is 2. The van der Waals surface area contributed by atoms with Crippen molar-refractivity contribution < 1.29 is 4.92 Å². The van der Waals surface area contributed by atoms with Crippen molar-refractivity contribution >= 4 is 46.2 Å². The Morgan fingerprint density at radius 1 is 1.52 bits per heavy atom. The predicted octanol–water partition coefficient (Wildman–Crippen LogP) is 1.84. The average molecular weight is 377 g/mol. The first-order chi connectivity index (χ1) is 9.49. The van der Waals surface area contributed by atoms with Crippen LogP contribution in [0.25, 0.3) is 0 Å². The number of aromatic nitrogens is 3. The molecule has 3 N–H and O–H groups in total. The van der Waals surface area contributed by atoms with Crippen LogP contribution in [0.5, 0.6) is 0 Å². The van der Waals surface area contributed by atoms with E-state index in [1.807, 2.05) is 0 Å². The van der Waals surface area contributed by atoms with Crippen molar-refractivity contribution in [3.05, 3.63) is 44.2 Å². The molecular formula is C10H11BrClN7O2. The van der Waals surface area contributed by atoms with Gasteiger partial charge in [0.25, 0.3) is 11.6 Å². The summed E-state index contributed by atoms with van der Waals surface area (Å²) in [5, 5.41) is 22.2. The van der Waals surface area contributed by atoms with Crippen molar-refractivity contribution in [2.75, 3.05) is 11.3 Å².